The summed E-state index contributed by atoms with van der Waals surface area (Å²) in [6.07, 6.45) is -2.92. The number of nitrogens with zero attached hydrogens (tertiary/aromatic N) is 3. The molecule has 0 N–H and O–H groups in total. The van der Waals surface area contributed by atoms with Crippen molar-refractivity contribution in [2.24, 2.45) is 7.05 Å². The molecule has 6 heteroatoms. The molecular weight excluding hydrogens is 171 g/mol. The van der Waals surface area contributed by atoms with Gasteiger partial charge in [-0.05, 0) is 0 Å². The van der Waals surface area contributed by atoms with E-state index in [1.54, 1.807) is 0 Å². The number of hydrogen-bond acceptors (Lipinski definition) is 2. The monoisotopic (exact) mass is 175 g/mol. The predicted octanol–water partition coefficient (Wildman–Crippen LogP) is 1.37. The van der Waals surface area contributed by atoms with Crippen LogP contribution in [0.25, 0.3) is 0 Å². The van der Waals surface area contributed by atoms with Crippen LogP contribution >= 0.6 is 0 Å². The molecule has 1 aromatic heterocycles. The lowest BCUT2D eigenvalue weighted by molar-refractivity contribution is 0.145. The Morgan fingerprint density at radius 3 is 2.50 bits per heavy atom. The van der Waals surface area contributed by atoms with Gasteiger partial charge >= 0.3 is 0 Å². The van der Waals surface area contributed by atoms with Crippen LogP contribution in [0.15, 0.2) is 0 Å². The number of nitriles is 1. The molecule has 12 heavy (non-hydrogen) atoms. The van der Waals surface area contributed by atoms with Crippen molar-refractivity contribution < 1.29 is 13.2 Å². The molecule has 0 bridgehead atoms. The zero-order valence-corrected chi connectivity index (χ0v) is 6.05. The fraction of sp³-hybridized carbons (Fsp3) is 0.333. The molecule has 1 aromatic rings. The van der Waals surface area contributed by atoms with E-state index in [1.165, 1.54) is 6.07 Å². The molecule has 0 saturated carbocycles. The van der Waals surface area contributed by atoms with E-state index in [0.29, 0.717) is 4.68 Å². The summed E-state index contributed by atoms with van der Waals surface area (Å²) < 4.78 is 37.4. The third-order valence-electron chi connectivity index (χ3n) is 1.32. The quantitative estimate of drug-likeness (QED) is 0.646. The molecule has 0 fully saturated rings. The normalized spacial score (nSPS) is 10.3. The third-order valence-corrected chi connectivity index (χ3v) is 1.32. The maximum Gasteiger partial charge on any atom is 0.283 e. The van der Waals surface area contributed by atoms with Gasteiger partial charge in [-0.1, -0.05) is 0 Å². The molecule has 64 valence electrons. The van der Waals surface area contributed by atoms with Crippen LogP contribution in [-0.4, -0.2) is 9.78 Å². The van der Waals surface area contributed by atoms with Crippen molar-refractivity contribution >= 4 is 0 Å². The minimum atomic E-state index is -2.92. The first kappa shape index (κ1) is 8.59. The number of alkyl halides is 2. The Balaban J connectivity index is 3.32. The highest BCUT2D eigenvalue weighted by atomic mass is 19.3. The molecule has 0 saturated heterocycles. The molecule has 0 aliphatic carbocycles. The van der Waals surface area contributed by atoms with Crippen LogP contribution in [0.3, 0.4) is 0 Å². The van der Waals surface area contributed by atoms with E-state index < -0.39 is 23.6 Å². The van der Waals surface area contributed by atoms with Gasteiger partial charge in [0.2, 0.25) is 5.95 Å². The maximum atomic E-state index is 12.7. The Bertz CT molecular complexity index is 337. The fourth-order valence-corrected chi connectivity index (χ4v) is 0.779. The Kier molecular flexibility index (Phi) is 2.04. The Morgan fingerprint density at radius 2 is 2.17 bits per heavy atom. The molecule has 0 unspecified atom stereocenters. The van der Waals surface area contributed by atoms with Gasteiger partial charge in [0, 0.05) is 7.05 Å². The van der Waals surface area contributed by atoms with Crippen molar-refractivity contribution in [3.05, 3.63) is 17.2 Å². The molecule has 3 nitrogen and oxygen atoms in total. The zero-order valence-electron chi connectivity index (χ0n) is 6.05. The van der Waals surface area contributed by atoms with Gasteiger partial charge in [-0.3, -0.25) is 0 Å². The first-order valence-corrected chi connectivity index (χ1v) is 2.98. The van der Waals surface area contributed by atoms with Crippen molar-refractivity contribution in [2.45, 2.75) is 6.43 Å². The van der Waals surface area contributed by atoms with Crippen molar-refractivity contribution in [1.29, 1.82) is 5.26 Å². The number of aromatic nitrogens is 2. The largest absolute Gasteiger partial charge is 0.283 e. The van der Waals surface area contributed by atoms with Gasteiger partial charge in [0.05, 0.1) is 0 Å². The van der Waals surface area contributed by atoms with E-state index in [1.807, 2.05) is 0 Å². The van der Waals surface area contributed by atoms with Crippen molar-refractivity contribution in [3.8, 4) is 6.07 Å². The van der Waals surface area contributed by atoms with E-state index in [2.05, 4.69) is 5.10 Å². The zero-order chi connectivity index (χ0) is 9.30. The molecule has 0 amide bonds. The first-order chi connectivity index (χ1) is 5.57. The van der Waals surface area contributed by atoms with Crippen LogP contribution in [0.1, 0.15) is 17.7 Å². The lowest BCUT2D eigenvalue weighted by Gasteiger charge is -1.89. The van der Waals surface area contributed by atoms with E-state index in [-0.39, 0.29) is 0 Å². The van der Waals surface area contributed by atoms with Gasteiger partial charge in [0.15, 0.2) is 0 Å². The summed E-state index contributed by atoms with van der Waals surface area (Å²) in [6, 6.07) is 1.33. The second-order valence-corrected chi connectivity index (χ2v) is 2.09. The van der Waals surface area contributed by atoms with Crippen LogP contribution in [-0.2, 0) is 7.05 Å². The Hall–Kier alpha value is -1.51. The topological polar surface area (TPSA) is 41.6 Å². The number of hydrogen-bond donors (Lipinski definition) is 0. The summed E-state index contributed by atoms with van der Waals surface area (Å²) in [6.45, 7) is 0. The van der Waals surface area contributed by atoms with Crippen molar-refractivity contribution in [3.63, 3.8) is 0 Å². The van der Waals surface area contributed by atoms with Crippen LogP contribution < -0.4 is 0 Å². The molecule has 1 heterocycles. The van der Waals surface area contributed by atoms with Gasteiger partial charge in [-0.2, -0.15) is 14.8 Å². The minimum absolute atomic E-state index is 0.611. The SMILES string of the molecule is Cn1nc(C(F)F)c(C#N)c1F. The summed E-state index contributed by atoms with van der Waals surface area (Å²) in [5.41, 5.74) is -1.50. The summed E-state index contributed by atoms with van der Waals surface area (Å²) in [4.78, 5) is 0. The van der Waals surface area contributed by atoms with E-state index in [4.69, 9.17) is 5.26 Å². The van der Waals surface area contributed by atoms with Gasteiger partial charge in [0.1, 0.15) is 17.3 Å². The molecule has 1 rings (SSSR count). The molecule has 0 atom stereocenters. The molecule has 0 radical (unpaired) electrons. The second-order valence-electron chi connectivity index (χ2n) is 2.09. The van der Waals surface area contributed by atoms with Gasteiger partial charge in [-0.25, -0.2) is 13.5 Å². The highest BCUT2D eigenvalue weighted by molar-refractivity contribution is 5.32. The van der Waals surface area contributed by atoms with Crippen molar-refractivity contribution in [2.75, 3.05) is 0 Å². The first-order valence-electron chi connectivity index (χ1n) is 2.98. The average molecular weight is 175 g/mol. The van der Waals surface area contributed by atoms with E-state index >= 15 is 0 Å². The Labute approximate surface area is 66.0 Å². The predicted molar refractivity (Wildman–Crippen MR) is 32.8 cm³/mol. The summed E-state index contributed by atoms with van der Waals surface area (Å²) >= 11 is 0. The highest BCUT2D eigenvalue weighted by Gasteiger charge is 2.22. The molecule has 0 aliphatic rings. The highest BCUT2D eigenvalue weighted by Crippen LogP contribution is 2.22. The molecular formula is C6H4F3N3. The number of rotatable bonds is 1. The maximum absolute atomic E-state index is 12.7. The summed E-state index contributed by atoms with van der Waals surface area (Å²) in [7, 11) is 1.15. The van der Waals surface area contributed by atoms with Crippen molar-refractivity contribution in [1.82, 2.24) is 9.78 Å². The van der Waals surface area contributed by atoms with Gasteiger partial charge < -0.3 is 0 Å². The van der Waals surface area contributed by atoms with Gasteiger partial charge in [-0.15, -0.1) is 0 Å². The fourth-order valence-electron chi connectivity index (χ4n) is 0.779. The number of aryl methyl sites for hydroxylation is 1. The van der Waals surface area contributed by atoms with Crippen LogP contribution in [0, 0.1) is 17.3 Å². The van der Waals surface area contributed by atoms with Crippen LogP contribution in [0.2, 0.25) is 0 Å². The second kappa shape index (κ2) is 2.85. The minimum Gasteiger partial charge on any atom is -0.241 e. The summed E-state index contributed by atoms with van der Waals surface area (Å²) in [5, 5.41) is 11.4. The molecule has 0 aliphatic heterocycles. The molecule has 0 aromatic carbocycles. The van der Waals surface area contributed by atoms with Gasteiger partial charge in [0.25, 0.3) is 6.43 Å². The lowest BCUT2D eigenvalue weighted by atomic mass is 10.3. The van der Waals surface area contributed by atoms with Crippen LogP contribution in [0.5, 0.6) is 0 Å². The van der Waals surface area contributed by atoms with E-state index in [9.17, 15) is 13.2 Å². The average Bonchev–Trinajstić information content (AvgIpc) is 2.29. The standard InChI is InChI=1S/C6H4F3N3/c1-12-6(9)3(2-10)4(11-12)5(7)8/h5H,1H3. The lowest BCUT2D eigenvalue weighted by Crippen LogP contribution is -1.94. The van der Waals surface area contributed by atoms with E-state index in [0.717, 1.165) is 7.05 Å². The Morgan fingerprint density at radius 1 is 1.58 bits per heavy atom. The third kappa shape index (κ3) is 1.13. The smallest absolute Gasteiger partial charge is 0.241 e. The number of halogens is 3. The molecule has 0 spiro atoms. The van der Waals surface area contributed by atoms with Crippen LogP contribution in [0.4, 0.5) is 13.2 Å². The summed E-state index contributed by atoms with van der Waals surface area (Å²) in [5.74, 6) is -1.03.